The monoisotopic (exact) mass is 451 g/mol. The Labute approximate surface area is 185 Å². The number of esters is 1. The molecule has 0 unspecified atom stereocenters. The second kappa shape index (κ2) is 8.12. The van der Waals surface area contributed by atoms with Crippen molar-refractivity contribution in [3.63, 3.8) is 0 Å². The second-order valence-corrected chi connectivity index (χ2v) is 9.02. The van der Waals surface area contributed by atoms with Crippen molar-refractivity contribution in [3.8, 4) is 0 Å². The molecule has 3 aromatic carbocycles. The van der Waals surface area contributed by atoms with E-state index in [-0.39, 0.29) is 22.8 Å². The highest BCUT2D eigenvalue weighted by Crippen LogP contribution is 2.33. The third-order valence-electron chi connectivity index (χ3n) is 5.11. The molecule has 0 aliphatic heterocycles. The number of anilines is 1. The standard InChI is InChI=1S/C24H21NO6S/c1-4-30-24(27)23-15(2)31-22-12-10-19(14-21(22)23)25(16(3)26)32(28,29)20-11-9-17-7-5-6-8-18(17)13-20/h5-14H,4H2,1-3H3. The second-order valence-electron chi connectivity index (χ2n) is 7.23. The fourth-order valence-corrected chi connectivity index (χ4v) is 5.17. The summed E-state index contributed by atoms with van der Waals surface area (Å²) in [6, 6.07) is 16.5. The molecule has 7 nitrogen and oxygen atoms in total. The molecule has 0 fully saturated rings. The van der Waals surface area contributed by atoms with Gasteiger partial charge in [0.25, 0.3) is 10.0 Å². The summed E-state index contributed by atoms with van der Waals surface area (Å²) in [5, 5.41) is 2.00. The maximum absolute atomic E-state index is 13.5. The number of furan rings is 1. The fraction of sp³-hybridized carbons (Fsp3) is 0.167. The van der Waals surface area contributed by atoms with E-state index in [9.17, 15) is 18.0 Å². The summed E-state index contributed by atoms with van der Waals surface area (Å²) in [5.41, 5.74) is 0.695. The van der Waals surface area contributed by atoms with Crippen molar-refractivity contribution in [1.29, 1.82) is 0 Å². The number of carbonyl (C=O) groups excluding carboxylic acids is 2. The lowest BCUT2D eigenvalue weighted by molar-refractivity contribution is -0.115. The van der Waals surface area contributed by atoms with Gasteiger partial charge >= 0.3 is 5.97 Å². The summed E-state index contributed by atoms with van der Waals surface area (Å²) in [6.45, 7) is 4.67. The first-order valence-corrected chi connectivity index (χ1v) is 11.4. The molecule has 0 saturated carbocycles. The van der Waals surface area contributed by atoms with E-state index in [1.165, 1.54) is 37.3 Å². The number of hydrogen-bond acceptors (Lipinski definition) is 6. The molecule has 0 N–H and O–H groups in total. The summed E-state index contributed by atoms with van der Waals surface area (Å²) in [4.78, 5) is 24.9. The molecular weight excluding hydrogens is 430 g/mol. The molecule has 0 aliphatic carbocycles. The van der Waals surface area contributed by atoms with Gasteiger partial charge in [-0.25, -0.2) is 17.5 Å². The van der Waals surface area contributed by atoms with Gasteiger partial charge in [0.1, 0.15) is 16.9 Å². The van der Waals surface area contributed by atoms with Gasteiger partial charge in [-0.15, -0.1) is 0 Å². The molecular formula is C24H21NO6S. The van der Waals surface area contributed by atoms with E-state index in [0.717, 1.165) is 15.1 Å². The zero-order chi connectivity index (χ0) is 23.0. The van der Waals surface area contributed by atoms with Crippen molar-refractivity contribution < 1.29 is 27.2 Å². The highest BCUT2D eigenvalue weighted by Gasteiger charge is 2.30. The Morgan fingerprint density at radius 1 is 1.00 bits per heavy atom. The van der Waals surface area contributed by atoms with E-state index in [1.807, 2.05) is 18.2 Å². The van der Waals surface area contributed by atoms with Crippen LogP contribution in [-0.2, 0) is 19.6 Å². The van der Waals surface area contributed by atoms with Crippen molar-refractivity contribution >= 4 is 49.3 Å². The first kappa shape index (κ1) is 21.6. The topological polar surface area (TPSA) is 93.9 Å². The third kappa shape index (κ3) is 3.62. The minimum atomic E-state index is -4.21. The van der Waals surface area contributed by atoms with Gasteiger partial charge in [0.05, 0.1) is 17.2 Å². The van der Waals surface area contributed by atoms with E-state index in [1.54, 1.807) is 26.0 Å². The van der Waals surface area contributed by atoms with Crippen LogP contribution < -0.4 is 4.31 Å². The third-order valence-corrected chi connectivity index (χ3v) is 6.91. The Kier molecular flexibility index (Phi) is 5.48. The smallest absolute Gasteiger partial charge is 0.342 e. The van der Waals surface area contributed by atoms with Gasteiger partial charge in [0.2, 0.25) is 5.91 Å². The summed E-state index contributed by atoms with van der Waals surface area (Å²) < 4.78 is 38.4. The number of aryl methyl sites for hydroxylation is 1. The van der Waals surface area contributed by atoms with Gasteiger partial charge in [-0.1, -0.05) is 30.3 Å². The predicted octanol–water partition coefficient (Wildman–Crippen LogP) is 4.81. The number of fused-ring (bicyclic) bond motifs is 2. The van der Waals surface area contributed by atoms with Gasteiger partial charge in [0, 0.05) is 12.3 Å². The molecule has 1 amide bonds. The molecule has 8 heteroatoms. The van der Waals surface area contributed by atoms with Crippen LogP contribution in [-0.4, -0.2) is 26.9 Å². The van der Waals surface area contributed by atoms with E-state index >= 15 is 0 Å². The van der Waals surface area contributed by atoms with Gasteiger partial charge in [-0.05, 0) is 55.0 Å². The predicted molar refractivity (Wildman–Crippen MR) is 121 cm³/mol. The van der Waals surface area contributed by atoms with Gasteiger partial charge < -0.3 is 9.15 Å². The maximum Gasteiger partial charge on any atom is 0.342 e. The van der Waals surface area contributed by atoms with Crippen molar-refractivity contribution in [2.75, 3.05) is 10.9 Å². The van der Waals surface area contributed by atoms with Crippen molar-refractivity contribution in [2.24, 2.45) is 0 Å². The first-order valence-electron chi connectivity index (χ1n) is 9.99. The van der Waals surface area contributed by atoms with Crippen molar-refractivity contribution in [2.45, 2.75) is 25.7 Å². The zero-order valence-corrected chi connectivity index (χ0v) is 18.6. The lowest BCUT2D eigenvalue weighted by Gasteiger charge is -2.21. The average Bonchev–Trinajstić information content (AvgIpc) is 3.08. The van der Waals surface area contributed by atoms with Crippen LogP contribution in [0.1, 0.15) is 30.0 Å². The maximum atomic E-state index is 13.5. The normalized spacial score (nSPS) is 11.6. The Morgan fingerprint density at radius 3 is 2.41 bits per heavy atom. The molecule has 0 bridgehead atoms. The Hall–Kier alpha value is -3.65. The summed E-state index contributed by atoms with van der Waals surface area (Å²) in [5.74, 6) is -0.912. The van der Waals surface area contributed by atoms with E-state index in [0.29, 0.717) is 16.7 Å². The van der Waals surface area contributed by atoms with Crippen LogP contribution in [0.15, 0.2) is 70.0 Å². The molecule has 4 aromatic rings. The molecule has 32 heavy (non-hydrogen) atoms. The SMILES string of the molecule is CCOC(=O)c1c(C)oc2ccc(N(C(C)=O)S(=O)(=O)c3ccc4ccccc4c3)cc12. The van der Waals surface area contributed by atoms with E-state index < -0.39 is 21.9 Å². The van der Waals surface area contributed by atoms with Gasteiger partial charge in [-0.2, -0.15) is 0 Å². The lowest BCUT2D eigenvalue weighted by Crippen LogP contribution is -2.35. The quantitative estimate of drug-likeness (QED) is 0.404. The Bertz CT molecular complexity index is 1470. The fourth-order valence-electron chi connectivity index (χ4n) is 3.71. The number of sulfonamides is 1. The Morgan fingerprint density at radius 2 is 1.72 bits per heavy atom. The number of amides is 1. The van der Waals surface area contributed by atoms with Crippen LogP contribution in [0.25, 0.3) is 21.7 Å². The Balaban J connectivity index is 1.87. The largest absolute Gasteiger partial charge is 0.462 e. The highest BCUT2D eigenvalue weighted by molar-refractivity contribution is 7.93. The van der Waals surface area contributed by atoms with Crippen LogP contribution in [0.3, 0.4) is 0 Å². The minimum Gasteiger partial charge on any atom is -0.462 e. The first-order chi connectivity index (χ1) is 15.2. The number of rotatable bonds is 5. The summed E-state index contributed by atoms with van der Waals surface area (Å²) >= 11 is 0. The van der Waals surface area contributed by atoms with Gasteiger partial charge in [-0.3, -0.25) is 4.79 Å². The van der Waals surface area contributed by atoms with Crippen LogP contribution in [0.5, 0.6) is 0 Å². The summed E-state index contributed by atoms with van der Waals surface area (Å²) in [7, 11) is -4.21. The van der Waals surface area contributed by atoms with Crippen LogP contribution >= 0.6 is 0 Å². The van der Waals surface area contributed by atoms with Crippen LogP contribution in [0.4, 0.5) is 5.69 Å². The lowest BCUT2D eigenvalue weighted by atomic mass is 10.1. The number of carbonyl (C=O) groups is 2. The van der Waals surface area contributed by atoms with Crippen molar-refractivity contribution in [3.05, 3.63) is 72.0 Å². The molecule has 1 heterocycles. The van der Waals surface area contributed by atoms with Gasteiger partial charge in [0.15, 0.2) is 0 Å². The molecule has 0 saturated heterocycles. The highest BCUT2D eigenvalue weighted by atomic mass is 32.2. The van der Waals surface area contributed by atoms with E-state index in [2.05, 4.69) is 0 Å². The average molecular weight is 452 g/mol. The molecule has 1 aromatic heterocycles. The van der Waals surface area contributed by atoms with E-state index in [4.69, 9.17) is 9.15 Å². The minimum absolute atomic E-state index is 0.0134. The number of benzene rings is 3. The molecule has 0 radical (unpaired) electrons. The molecule has 0 spiro atoms. The number of ether oxygens (including phenoxy) is 1. The number of nitrogens with zero attached hydrogens (tertiary/aromatic N) is 1. The summed E-state index contributed by atoms with van der Waals surface area (Å²) in [6.07, 6.45) is 0. The molecule has 164 valence electrons. The zero-order valence-electron chi connectivity index (χ0n) is 17.8. The molecule has 0 aliphatic rings. The van der Waals surface area contributed by atoms with Crippen molar-refractivity contribution in [1.82, 2.24) is 0 Å². The molecule has 0 atom stereocenters. The number of hydrogen-bond donors (Lipinski definition) is 0. The molecule has 4 rings (SSSR count). The van der Waals surface area contributed by atoms with Crippen LogP contribution in [0.2, 0.25) is 0 Å². The van der Waals surface area contributed by atoms with Crippen LogP contribution in [0, 0.1) is 6.92 Å².